The van der Waals surface area contributed by atoms with Crippen LogP contribution in [0.15, 0.2) is 0 Å². The second-order valence-corrected chi connectivity index (χ2v) is 13.3. The van der Waals surface area contributed by atoms with Crippen LogP contribution in [0.5, 0.6) is 0 Å². The second kappa shape index (κ2) is 9.29. The van der Waals surface area contributed by atoms with Crippen LogP contribution in [0.25, 0.3) is 0 Å². The Labute approximate surface area is 118 Å². The van der Waals surface area contributed by atoms with Gasteiger partial charge in [-0.2, -0.15) is 0 Å². The molecule has 0 heterocycles. The second-order valence-electron chi connectivity index (χ2n) is 6.31. The Morgan fingerprint density at radius 3 is 1.72 bits per heavy atom. The van der Waals surface area contributed by atoms with Gasteiger partial charge in [-0.25, -0.2) is 0 Å². The van der Waals surface area contributed by atoms with Crippen LogP contribution in [-0.4, -0.2) is 35.7 Å². The summed E-state index contributed by atoms with van der Waals surface area (Å²) in [7, 11) is -0.146. The van der Waals surface area contributed by atoms with Crippen molar-refractivity contribution in [2.75, 3.05) is 0 Å². The van der Waals surface area contributed by atoms with Crippen LogP contribution in [0, 0.1) is 0 Å². The van der Waals surface area contributed by atoms with Crippen molar-refractivity contribution in [1.29, 1.82) is 0 Å². The Kier molecular flexibility index (Phi) is 9.47. The molecule has 2 nitrogen and oxygen atoms in total. The Morgan fingerprint density at radius 1 is 0.944 bits per heavy atom. The smallest absolute Gasteiger partial charge is 0.137 e. The van der Waals surface area contributed by atoms with Gasteiger partial charge in [0.05, 0.1) is 12.2 Å². The van der Waals surface area contributed by atoms with E-state index in [1.807, 2.05) is 0 Å². The molecule has 0 N–H and O–H groups in total. The molecule has 0 fully saturated rings. The third kappa shape index (κ3) is 10.3. The van der Waals surface area contributed by atoms with E-state index in [1.54, 1.807) is 0 Å². The summed E-state index contributed by atoms with van der Waals surface area (Å²) in [6.45, 7) is 15.9. The summed E-state index contributed by atoms with van der Waals surface area (Å²) in [5.41, 5.74) is 0. The molecule has 0 rings (SSSR count). The first-order chi connectivity index (χ1) is 8.28. The lowest BCUT2D eigenvalue weighted by Crippen LogP contribution is -2.32. The van der Waals surface area contributed by atoms with Crippen molar-refractivity contribution in [3.63, 3.8) is 0 Å². The van der Waals surface area contributed by atoms with Crippen LogP contribution < -0.4 is 0 Å². The van der Waals surface area contributed by atoms with Gasteiger partial charge < -0.3 is 9.47 Å². The molecule has 2 unspecified atom stereocenters. The summed E-state index contributed by atoms with van der Waals surface area (Å²) in [5.74, 6) is 0.0197. The standard InChI is InChI=1S/C14H32O2Si2/c1-8-12(3)15-14(16-13(4)9-2)17-10-11-18(5,6)7/h12-14H,8-11H2,1-7H3. The average molecular weight is 289 g/mol. The summed E-state index contributed by atoms with van der Waals surface area (Å²) >= 11 is 0. The van der Waals surface area contributed by atoms with E-state index in [1.165, 1.54) is 12.1 Å². The van der Waals surface area contributed by atoms with Gasteiger partial charge in [-0.3, -0.25) is 0 Å². The lowest BCUT2D eigenvalue weighted by Gasteiger charge is -2.25. The first-order valence-corrected chi connectivity index (χ1v) is 12.3. The van der Waals surface area contributed by atoms with Crippen molar-refractivity contribution in [3.8, 4) is 0 Å². The van der Waals surface area contributed by atoms with E-state index in [4.69, 9.17) is 9.47 Å². The zero-order chi connectivity index (χ0) is 14.2. The lowest BCUT2D eigenvalue weighted by molar-refractivity contribution is -0.143. The van der Waals surface area contributed by atoms with Gasteiger partial charge in [0.15, 0.2) is 0 Å². The molecule has 0 saturated heterocycles. The molecule has 0 spiro atoms. The molecule has 0 aromatic rings. The van der Waals surface area contributed by atoms with Crippen molar-refractivity contribution in [2.45, 2.75) is 90.4 Å². The van der Waals surface area contributed by atoms with Crippen LogP contribution >= 0.6 is 0 Å². The number of rotatable bonds is 10. The van der Waals surface area contributed by atoms with Crippen LogP contribution in [0.3, 0.4) is 0 Å². The first-order valence-electron chi connectivity index (χ1n) is 7.32. The molecule has 0 aliphatic rings. The molecule has 2 radical (unpaired) electrons. The molecule has 0 aliphatic carbocycles. The number of ether oxygens (including phenoxy) is 2. The summed E-state index contributed by atoms with van der Waals surface area (Å²) in [6.07, 6.45) is 2.72. The Balaban J connectivity index is 4.12. The maximum Gasteiger partial charge on any atom is 0.137 e. The summed E-state index contributed by atoms with van der Waals surface area (Å²) < 4.78 is 12.0. The van der Waals surface area contributed by atoms with E-state index in [0.29, 0.717) is 12.2 Å². The predicted molar refractivity (Wildman–Crippen MR) is 84.2 cm³/mol. The Hall–Kier alpha value is 0.354. The molecule has 4 heteroatoms. The molecule has 0 aromatic heterocycles. The fourth-order valence-corrected chi connectivity index (χ4v) is 5.78. The van der Waals surface area contributed by atoms with Crippen molar-refractivity contribution < 1.29 is 9.47 Å². The fourth-order valence-electron chi connectivity index (χ4n) is 1.31. The third-order valence-corrected chi connectivity index (χ3v) is 6.44. The summed E-state index contributed by atoms with van der Waals surface area (Å²) in [5, 5.41) is 0. The van der Waals surface area contributed by atoms with Crippen molar-refractivity contribution in [2.24, 2.45) is 0 Å². The quantitative estimate of drug-likeness (QED) is 0.439. The van der Waals surface area contributed by atoms with Gasteiger partial charge in [0, 0.05) is 8.07 Å². The predicted octanol–water partition coefficient (Wildman–Crippen LogP) is 4.36. The van der Waals surface area contributed by atoms with E-state index in [0.717, 1.165) is 22.4 Å². The molecule has 0 amide bonds. The van der Waals surface area contributed by atoms with Crippen LogP contribution in [-0.2, 0) is 9.47 Å². The fraction of sp³-hybridized carbons (Fsp3) is 1.00. The molecule has 0 aliphatic heterocycles. The zero-order valence-electron chi connectivity index (χ0n) is 13.4. The first kappa shape index (κ1) is 18.4. The van der Waals surface area contributed by atoms with Crippen molar-refractivity contribution >= 4 is 17.6 Å². The van der Waals surface area contributed by atoms with Crippen LogP contribution in [0.2, 0.25) is 31.7 Å². The van der Waals surface area contributed by atoms with Crippen molar-refractivity contribution in [3.05, 3.63) is 0 Å². The van der Waals surface area contributed by atoms with Crippen LogP contribution in [0.1, 0.15) is 40.5 Å². The highest BCUT2D eigenvalue weighted by Gasteiger charge is 2.19. The molecule has 0 saturated carbocycles. The normalized spacial score (nSPS) is 17.5. The minimum absolute atomic E-state index is 0.0197. The van der Waals surface area contributed by atoms with Crippen LogP contribution in [0.4, 0.5) is 0 Å². The lowest BCUT2D eigenvalue weighted by atomic mass is 10.3. The van der Waals surface area contributed by atoms with E-state index in [2.05, 4.69) is 47.3 Å². The molecular formula is C14H32O2Si2. The van der Waals surface area contributed by atoms with Gasteiger partial charge in [-0.1, -0.05) is 45.6 Å². The van der Waals surface area contributed by atoms with Gasteiger partial charge in [0.25, 0.3) is 0 Å². The Morgan fingerprint density at radius 2 is 1.39 bits per heavy atom. The van der Waals surface area contributed by atoms with Gasteiger partial charge >= 0.3 is 0 Å². The average Bonchev–Trinajstić information content (AvgIpc) is 2.26. The largest absolute Gasteiger partial charge is 0.354 e. The Bertz CT molecular complexity index is 192. The number of hydrogen-bond acceptors (Lipinski definition) is 2. The minimum atomic E-state index is -0.925. The summed E-state index contributed by atoms with van der Waals surface area (Å²) in [6, 6.07) is 2.63. The van der Waals surface area contributed by atoms with E-state index < -0.39 is 8.07 Å². The molecule has 0 bridgehead atoms. The van der Waals surface area contributed by atoms with Gasteiger partial charge in [0.1, 0.15) is 15.4 Å². The third-order valence-electron chi connectivity index (χ3n) is 3.05. The topological polar surface area (TPSA) is 18.5 Å². The highest BCUT2D eigenvalue weighted by Crippen LogP contribution is 2.14. The molecule has 108 valence electrons. The van der Waals surface area contributed by atoms with Crippen molar-refractivity contribution in [1.82, 2.24) is 0 Å². The van der Waals surface area contributed by atoms with E-state index >= 15 is 0 Å². The molecule has 0 aromatic carbocycles. The molecular weight excluding hydrogens is 256 g/mol. The van der Waals surface area contributed by atoms with Gasteiger partial charge in [-0.05, 0) is 26.7 Å². The maximum absolute atomic E-state index is 5.99. The zero-order valence-corrected chi connectivity index (χ0v) is 15.4. The highest BCUT2D eigenvalue weighted by molar-refractivity contribution is 6.76. The van der Waals surface area contributed by atoms with Gasteiger partial charge in [0.2, 0.25) is 0 Å². The summed E-state index contributed by atoms with van der Waals surface area (Å²) in [4.78, 5) is 0. The van der Waals surface area contributed by atoms with E-state index in [9.17, 15) is 0 Å². The van der Waals surface area contributed by atoms with E-state index in [-0.39, 0.29) is 5.91 Å². The molecule has 2 atom stereocenters. The SMILES string of the molecule is CCC(C)OC(OC(C)CC)[Si]CC[Si](C)(C)C. The minimum Gasteiger partial charge on any atom is -0.354 e. The number of hydrogen-bond donors (Lipinski definition) is 0. The van der Waals surface area contributed by atoms with Gasteiger partial charge in [-0.15, -0.1) is 0 Å². The molecule has 18 heavy (non-hydrogen) atoms. The highest BCUT2D eigenvalue weighted by atomic mass is 28.3. The monoisotopic (exact) mass is 288 g/mol. The maximum atomic E-state index is 5.99.